The summed E-state index contributed by atoms with van der Waals surface area (Å²) in [5.74, 6) is -1.16. The molecular formula is C25H31BCl2N2O5. The van der Waals surface area contributed by atoms with Crippen LogP contribution in [0.15, 0.2) is 36.7 Å². The van der Waals surface area contributed by atoms with Crippen molar-refractivity contribution >= 4 is 47.7 Å². The first-order chi connectivity index (χ1) is 16.1. The highest BCUT2D eigenvalue weighted by molar-refractivity contribution is 6.62. The largest absolute Gasteiger partial charge is 0.494 e. The molecule has 0 spiro atoms. The summed E-state index contributed by atoms with van der Waals surface area (Å²) in [6.07, 6.45) is 2.84. The molecule has 2 aromatic rings. The summed E-state index contributed by atoms with van der Waals surface area (Å²) in [6, 6.07) is 6.56. The Hall–Kier alpha value is -2.13. The van der Waals surface area contributed by atoms with E-state index in [1.54, 1.807) is 20.8 Å². The van der Waals surface area contributed by atoms with Crippen molar-refractivity contribution in [1.82, 2.24) is 10.3 Å². The number of hydrogen-bond donors (Lipinski definition) is 1. The molecule has 1 aliphatic heterocycles. The highest BCUT2D eigenvalue weighted by Crippen LogP contribution is 2.36. The second-order valence-corrected chi connectivity index (χ2v) is 11.4. The normalized spacial score (nSPS) is 17.7. The third-order valence-electron chi connectivity index (χ3n) is 6.02. The van der Waals surface area contributed by atoms with Crippen LogP contribution < -0.4 is 10.8 Å². The van der Waals surface area contributed by atoms with Crippen molar-refractivity contribution < 1.29 is 23.6 Å². The van der Waals surface area contributed by atoms with Gasteiger partial charge in [-0.2, -0.15) is 0 Å². The average molecular weight is 521 g/mol. The minimum atomic E-state index is -0.968. The second-order valence-electron chi connectivity index (χ2n) is 10.6. The molecule has 0 bridgehead atoms. The molecule has 0 radical (unpaired) electrons. The van der Waals surface area contributed by atoms with E-state index in [0.29, 0.717) is 0 Å². The van der Waals surface area contributed by atoms with Crippen molar-refractivity contribution in [2.45, 2.75) is 77.7 Å². The van der Waals surface area contributed by atoms with Crippen LogP contribution in [0.4, 0.5) is 0 Å². The predicted octanol–water partition coefficient (Wildman–Crippen LogP) is 4.37. The van der Waals surface area contributed by atoms with Gasteiger partial charge in [0.2, 0.25) is 0 Å². The molecule has 1 aliphatic rings. The fourth-order valence-corrected chi connectivity index (χ4v) is 3.99. The molecule has 0 aliphatic carbocycles. The third-order valence-corrected chi connectivity index (χ3v) is 6.60. The van der Waals surface area contributed by atoms with Crippen LogP contribution >= 0.6 is 23.2 Å². The molecular weight excluding hydrogens is 490 g/mol. The van der Waals surface area contributed by atoms with Crippen molar-refractivity contribution in [3.63, 3.8) is 0 Å². The standard InChI is InChI=1S/C25H31BCl2N2O5/c1-23(2,3)33-22(32)19(30-21(31)20-17(27)13-29-14-18(20)28)12-15-8-10-16(11-9-15)26-34-24(4,5)25(6,7)35-26/h8-11,13-14,19H,12H2,1-7H3,(H,30,31)/t19-/m0/s1. The zero-order valence-electron chi connectivity index (χ0n) is 21.1. The summed E-state index contributed by atoms with van der Waals surface area (Å²) < 4.78 is 17.8. The minimum Gasteiger partial charge on any atom is -0.458 e. The van der Waals surface area contributed by atoms with Gasteiger partial charge >= 0.3 is 13.1 Å². The van der Waals surface area contributed by atoms with E-state index in [2.05, 4.69) is 10.3 Å². The van der Waals surface area contributed by atoms with E-state index in [1.807, 2.05) is 52.0 Å². The number of amides is 1. The van der Waals surface area contributed by atoms with Gasteiger partial charge in [0.05, 0.1) is 26.8 Å². The number of hydrogen-bond acceptors (Lipinski definition) is 6. The van der Waals surface area contributed by atoms with Gasteiger partial charge in [-0.05, 0) is 59.5 Å². The smallest absolute Gasteiger partial charge is 0.458 e. The van der Waals surface area contributed by atoms with E-state index in [4.69, 9.17) is 37.2 Å². The molecule has 188 valence electrons. The van der Waals surface area contributed by atoms with E-state index < -0.39 is 41.8 Å². The fraction of sp³-hybridized carbons (Fsp3) is 0.480. The van der Waals surface area contributed by atoms with Crippen LogP contribution in [0.2, 0.25) is 10.0 Å². The lowest BCUT2D eigenvalue weighted by Gasteiger charge is -2.32. The lowest BCUT2D eigenvalue weighted by atomic mass is 9.78. The van der Waals surface area contributed by atoms with E-state index in [-0.39, 0.29) is 22.0 Å². The number of ether oxygens (including phenoxy) is 1. The van der Waals surface area contributed by atoms with Gasteiger partial charge in [0.1, 0.15) is 11.6 Å². The highest BCUT2D eigenvalue weighted by atomic mass is 35.5. The van der Waals surface area contributed by atoms with Gasteiger partial charge in [-0.1, -0.05) is 47.5 Å². The molecule has 1 aromatic heterocycles. The Morgan fingerprint density at radius 2 is 1.54 bits per heavy atom. The van der Waals surface area contributed by atoms with Gasteiger partial charge in [0.15, 0.2) is 0 Å². The van der Waals surface area contributed by atoms with E-state index >= 15 is 0 Å². The van der Waals surface area contributed by atoms with Gasteiger partial charge in [0.25, 0.3) is 5.91 Å². The van der Waals surface area contributed by atoms with E-state index in [9.17, 15) is 9.59 Å². The van der Waals surface area contributed by atoms with Gasteiger partial charge in [-0.15, -0.1) is 0 Å². The summed E-state index contributed by atoms with van der Waals surface area (Å²) in [4.78, 5) is 29.8. The lowest BCUT2D eigenvalue weighted by molar-refractivity contribution is -0.157. The Balaban J connectivity index is 1.80. The van der Waals surface area contributed by atoms with Crippen molar-refractivity contribution in [2.75, 3.05) is 0 Å². The van der Waals surface area contributed by atoms with Gasteiger partial charge in [-0.3, -0.25) is 9.78 Å². The molecule has 1 fully saturated rings. The van der Waals surface area contributed by atoms with E-state index in [0.717, 1.165) is 11.0 Å². The SMILES string of the molecule is CC(C)(C)OC(=O)[C@H](Cc1ccc(B2OC(C)(C)C(C)(C)O2)cc1)NC(=O)c1c(Cl)cncc1Cl. The number of nitrogens with one attached hydrogen (secondary N) is 1. The number of aromatic nitrogens is 1. The molecule has 1 atom stereocenters. The maximum absolute atomic E-state index is 13.0. The molecule has 1 saturated heterocycles. The van der Waals surface area contributed by atoms with Gasteiger partial charge < -0.3 is 19.4 Å². The molecule has 0 unspecified atom stereocenters. The number of halogens is 2. The number of nitrogens with zero attached hydrogens (tertiary/aromatic N) is 1. The minimum absolute atomic E-state index is 0.0491. The first kappa shape index (κ1) is 27.5. The molecule has 1 aromatic carbocycles. The van der Waals surface area contributed by atoms with Crippen molar-refractivity contribution in [3.8, 4) is 0 Å². The van der Waals surface area contributed by atoms with E-state index in [1.165, 1.54) is 12.4 Å². The Morgan fingerprint density at radius 1 is 1.03 bits per heavy atom. The van der Waals surface area contributed by atoms with Crippen molar-refractivity contribution in [2.24, 2.45) is 0 Å². The fourth-order valence-electron chi connectivity index (χ4n) is 3.45. The first-order valence-electron chi connectivity index (χ1n) is 11.4. The average Bonchev–Trinajstić information content (AvgIpc) is 2.93. The molecule has 35 heavy (non-hydrogen) atoms. The van der Waals surface area contributed by atoms with Crippen molar-refractivity contribution in [3.05, 3.63) is 57.8 Å². The number of esters is 1. The Labute approximate surface area is 217 Å². The predicted molar refractivity (Wildman–Crippen MR) is 137 cm³/mol. The number of benzene rings is 1. The molecule has 1 amide bonds. The summed E-state index contributed by atoms with van der Waals surface area (Å²) in [5.41, 5.74) is 0.102. The van der Waals surface area contributed by atoms with Crippen LogP contribution in [0.25, 0.3) is 0 Å². The molecule has 0 saturated carbocycles. The number of pyridine rings is 1. The Bertz CT molecular complexity index is 1060. The summed E-state index contributed by atoms with van der Waals surface area (Å²) >= 11 is 12.3. The molecule has 7 nitrogen and oxygen atoms in total. The first-order valence-corrected chi connectivity index (χ1v) is 12.1. The maximum atomic E-state index is 13.0. The summed E-state index contributed by atoms with van der Waals surface area (Å²) in [6.45, 7) is 13.3. The second kappa shape index (κ2) is 10.1. The van der Waals surface area contributed by atoms with Crippen LogP contribution in [0.1, 0.15) is 64.4 Å². The topological polar surface area (TPSA) is 86.8 Å². The Kier molecular flexibility index (Phi) is 7.92. The van der Waals surface area contributed by atoms with Crippen LogP contribution in [-0.4, -0.2) is 46.8 Å². The monoisotopic (exact) mass is 520 g/mol. The van der Waals surface area contributed by atoms with Gasteiger partial charge in [-0.25, -0.2) is 4.79 Å². The molecule has 10 heteroatoms. The number of rotatable bonds is 6. The summed E-state index contributed by atoms with van der Waals surface area (Å²) in [5, 5.41) is 2.89. The zero-order valence-corrected chi connectivity index (χ0v) is 22.6. The Morgan fingerprint density at radius 3 is 2.03 bits per heavy atom. The molecule has 3 rings (SSSR count). The zero-order chi connectivity index (χ0) is 26.2. The van der Waals surface area contributed by atoms with Crippen molar-refractivity contribution in [1.29, 1.82) is 0 Å². The number of carbonyl (C=O) groups excluding carboxylic acids is 2. The third kappa shape index (κ3) is 6.56. The van der Waals surface area contributed by atoms with Crippen LogP contribution in [0.3, 0.4) is 0 Å². The van der Waals surface area contributed by atoms with Crippen LogP contribution in [0.5, 0.6) is 0 Å². The lowest BCUT2D eigenvalue weighted by Crippen LogP contribution is -2.45. The molecule has 2 heterocycles. The number of carbonyl (C=O) groups is 2. The quantitative estimate of drug-likeness (QED) is 0.449. The highest BCUT2D eigenvalue weighted by Gasteiger charge is 2.51. The van der Waals surface area contributed by atoms with Crippen LogP contribution in [-0.2, 0) is 25.3 Å². The van der Waals surface area contributed by atoms with Crippen LogP contribution in [0, 0.1) is 0 Å². The maximum Gasteiger partial charge on any atom is 0.494 e. The van der Waals surface area contributed by atoms with Gasteiger partial charge in [0, 0.05) is 18.8 Å². The molecule has 1 N–H and O–H groups in total. The summed E-state index contributed by atoms with van der Waals surface area (Å²) in [7, 11) is -0.494.